The third-order valence-corrected chi connectivity index (χ3v) is 4.66. The van der Waals surface area contributed by atoms with Crippen LogP contribution in [-0.2, 0) is 0 Å². The van der Waals surface area contributed by atoms with Crippen molar-refractivity contribution < 1.29 is 13.9 Å². The zero-order valence-corrected chi connectivity index (χ0v) is 16.2. The van der Waals surface area contributed by atoms with Crippen molar-refractivity contribution >= 4 is 39.9 Å². The van der Waals surface area contributed by atoms with E-state index in [9.17, 15) is 9.18 Å². The maximum absolute atomic E-state index is 13.5. The molecule has 0 bridgehead atoms. The van der Waals surface area contributed by atoms with E-state index in [1.165, 1.54) is 18.2 Å². The Kier molecular flexibility index (Phi) is 5.64. The molecule has 2 aromatic carbocycles. The van der Waals surface area contributed by atoms with Crippen LogP contribution in [0.25, 0.3) is 0 Å². The molecule has 3 rings (SSSR count). The fourth-order valence-corrected chi connectivity index (χ4v) is 3.34. The Bertz CT molecular complexity index is 814. The second kappa shape index (κ2) is 7.22. The average Bonchev–Trinajstić information content (AvgIpc) is 2.49. The minimum Gasteiger partial charge on any atom is -0.487 e. The normalized spacial score (nSPS) is 17.7. The van der Waals surface area contributed by atoms with Gasteiger partial charge in [0.15, 0.2) is 0 Å². The summed E-state index contributed by atoms with van der Waals surface area (Å²) in [5, 5.41) is 2.97. The fourth-order valence-electron chi connectivity index (χ4n) is 2.91. The third-order valence-electron chi connectivity index (χ3n) is 3.97. The van der Waals surface area contributed by atoms with Crippen LogP contribution in [0.3, 0.4) is 0 Å². The highest BCUT2D eigenvalue weighted by Crippen LogP contribution is 2.40. The molecule has 134 valence electrons. The van der Waals surface area contributed by atoms with Crippen molar-refractivity contribution in [3.63, 3.8) is 0 Å². The molecule has 0 fully saturated rings. The van der Waals surface area contributed by atoms with E-state index in [0.717, 1.165) is 5.56 Å². The molecule has 1 amide bonds. The van der Waals surface area contributed by atoms with Crippen molar-refractivity contribution in [3.8, 4) is 5.75 Å². The van der Waals surface area contributed by atoms with Gasteiger partial charge in [-0.1, -0.05) is 0 Å². The van der Waals surface area contributed by atoms with Crippen molar-refractivity contribution in [1.29, 1.82) is 0 Å². The van der Waals surface area contributed by atoms with Gasteiger partial charge in [0.1, 0.15) is 17.2 Å². The van der Waals surface area contributed by atoms with E-state index >= 15 is 0 Å². The maximum atomic E-state index is 13.5. The Balaban J connectivity index is 0.00000225. The van der Waals surface area contributed by atoms with E-state index in [-0.39, 0.29) is 29.9 Å². The van der Waals surface area contributed by atoms with Crippen LogP contribution in [0.1, 0.15) is 42.2 Å². The maximum Gasteiger partial charge on any atom is 0.253 e. The molecular weight excluding hydrogens is 411 g/mol. The number of nitrogen functional groups attached to an aromatic ring is 1. The molecule has 2 aromatic rings. The van der Waals surface area contributed by atoms with Crippen LogP contribution >= 0.6 is 28.3 Å². The van der Waals surface area contributed by atoms with Crippen LogP contribution in [0, 0.1) is 5.82 Å². The standard InChI is InChI=1S/C18H18BrFN2O2.ClH/c1-18(2)9-15(13-8-11(21)4-6-16(13)24-18)22-17(23)12-7-10(20)3-5-14(12)19;/h3-8,15H,9,21H2,1-2H3,(H,22,23);1H. The number of hydrogen-bond donors (Lipinski definition) is 2. The summed E-state index contributed by atoms with van der Waals surface area (Å²) in [6.07, 6.45) is 0.585. The van der Waals surface area contributed by atoms with Gasteiger partial charge in [-0.15, -0.1) is 12.4 Å². The van der Waals surface area contributed by atoms with E-state index in [2.05, 4.69) is 21.2 Å². The molecule has 1 aliphatic heterocycles. The van der Waals surface area contributed by atoms with Crippen LogP contribution in [0.15, 0.2) is 40.9 Å². The molecule has 1 heterocycles. The number of hydrogen-bond acceptors (Lipinski definition) is 3. The first-order chi connectivity index (χ1) is 11.2. The van der Waals surface area contributed by atoms with E-state index < -0.39 is 11.4 Å². The number of carbonyl (C=O) groups excluding carboxylic acids is 1. The lowest BCUT2D eigenvalue weighted by atomic mass is 9.89. The van der Waals surface area contributed by atoms with Crippen molar-refractivity contribution in [2.75, 3.05) is 5.73 Å². The van der Waals surface area contributed by atoms with Gasteiger partial charge in [-0.2, -0.15) is 0 Å². The Morgan fingerprint density at radius 2 is 2.04 bits per heavy atom. The van der Waals surface area contributed by atoms with E-state index in [1.807, 2.05) is 19.9 Å². The molecule has 4 nitrogen and oxygen atoms in total. The number of rotatable bonds is 2. The number of nitrogens with two attached hydrogens (primary N) is 1. The third kappa shape index (κ3) is 4.25. The molecule has 1 unspecified atom stereocenters. The van der Waals surface area contributed by atoms with Gasteiger partial charge in [0.05, 0.1) is 11.6 Å². The number of carbonyl (C=O) groups is 1. The van der Waals surface area contributed by atoms with E-state index in [0.29, 0.717) is 22.3 Å². The summed E-state index contributed by atoms with van der Waals surface area (Å²) in [6, 6.07) is 9.14. The van der Waals surface area contributed by atoms with Crippen molar-refractivity contribution in [2.45, 2.75) is 31.9 Å². The summed E-state index contributed by atoms with van der Waals surface area (Å²) in [5.74, 6) is -0.109. The van der Waals surface area contributed by atoms with Crippen molar-refractivity contribution in [3.05, 3.63) is 57.8 Å². The topological polar surface area (TPSA) is 64.4 Å². The lowest BCUT2D eigenvalue weighted by Gasteiger charge is -2.38. The number of ether oxygens (including phenoxy) is 1. The van der Waals surface area contributed by atoms with Gasteiger partial charge >= 0.3 is 0 Å². The van der Waals surface area contributed by atoms with Gasteiger partial charge in [-0.05, 0) is 66.2 Å². The molecule has 0 spiro atoms. The van der Waals surface area contributed by atoms with Gasteiger partial charge < -0.3 is 15.8 Å². The minimum atomic E-state index is -0.458. The highest BCUT2D eigenvalue weighted by Gasteiger charge is 2.35. The minimum absolute atomic E-state index is 0. The smallest absolute Gasteiger partial charge is 0.253 e. The Morgan fingerprint density at radius 1 is 1.32 bits per heavy atom. The number of fused-ring (bicyclic) bond motifs is 1. The van der Waals surface area contributed by atoms with E-state index in [4.69, 9.17) is 10.5 Å². The number of amides is 1. The molecular formula is C18H19BrClFN2O2. The molecule has 0 saturated carbocycles. The van der Waals surface area contributed by atoms with Gasteiger partial charge in [-0.25, -0.2) is 4.39 Å². The number of anilines is 1. The summed E-state index contributed by atoms with van der Waals surface area (Å²) in [4.78, 5) is 12.6. The number of benzene rings is 2. The zero-order valence-electron chi connectivity index (χ0n) is 13.8. The van der Waals surface area contributed by atoms with Crippen LogP contribution in [-0.4, -0.2) is 11.5 Å². The van der Waals surface area contributed by atoms with Crippen LogP contribution in [0.2, 0.25) is 0 Å². The molecule has 0 saturated heterocycles. The molecule has 7 heteroatoms. The first-order valence-electron chi connectivity index (χ1n) is 7.59. The summed E-state index contributed by atoms with van der Waals surface area (Å²) in [5.41, 5.74) is 7.13. The molecule has 1 atom stereocenters. The second-order valence-corrected chi connectivity index (χ2v) is 7.37. The SMILES string of the molecule is CC1(C)CC(NC(=O)c2cc(F)ccc2Br)c2cc(N)ccc2O1.Cl. The fraction of sp³-hybridized carbons (Fsp3) is 0.278. The summed E-state index contributed by atoms with van der Waals surface area (Å²) < 4.78 is 20.0. The van der Waals surface area contributed by atoms with Crippen molar-refractivity contribution in [1.82, 2.24) is 5.32 Å². The summed E-state index contributed by atoms with van der Waals surface area (Å²) >= 11 is 3.29. The highest BCUT2D eigenvalue weighted by molar-refractivity contribution is 9.10. The molecule has 0 aliphatic carbocycles. The van der Waals surface area contributed by atoms with E-state index in [1.54, 1.807) is 12.1 Å². The molecule has 25 heavy (non-hydrogen) atoms. The lowest BCUT2D eigenvalue weighted by molar-refractivity contribution is 0.0619. The average molecular weight is 430 g/mol. The monoisotopic (exact) mass is 428 g/mol. The van der Waals surface area contributed by atoms with Gasteiger partial charge in [0.2, 0.25) is 0 Å². The predicted octanol–water partition coefficient (Wildman–Crippen LogP) is 4.62. The van der Waals surface area contributed by atoms with Crippen LogP contribution in [0.4, 0.5) is 10.1 Å². The number of halogens is 3. The second-order valence-electron chi connectivity index (χ2n) is 6.51. The Morgan fingerprint density at radius 3 is 2.76 bits per heavy atom. The highest BCUT2D eigenvalue weighted by atomic mass is 79.9. The van der Waals surface area contributed by atoms with Gasteiger partial charge in [0, 0.05) is 22.1 Å². The quantitative estimate of drug-likeness (QED) is 0.684. The Labute approximate surface area is 160 Å². The summed E-state index contributed by atoms with van der Waals surface area (Å²) in [7, 11) is 0. The first kappa shape index (κ1) is 19.5. The zero-order chi connectivity index (χ0) is 17.5. The number of nitrogens with one attached hydrogen (secondary N) is 1. The first-order valence-corrected chi connectivity index (χ1v) is 8.39. The van der Waals surface area contributed by atoms with Crippen molar-refractivity contribution in [2.24, 2.45) is 0 Å². The Hall–Kier alpha value is -1.79. The lowest BCUT2D eigenvalue weighted by Crippen LogP contribution is -2.41. The summed E-state index contributed by atoms with van der Waals surface area (Å²) in [6.45, 7) is 3.92. The van der Waals surface area contributed by atoms with Gasteiger partial charge in [0.25, 0.3) is 5.91 Å². The van der Waals surface area contributed by atoms with Crippen LogP contribution in [0.5, 0.6) is 5.75 Å². The van der Waals surface area contributed by atoms with Crippen LogP contribution < -0.4 is 15.8 Å². The molecule has 3 N–H and O–H groups in total. The van der Waals surface area contributed by atoms with Gasteiger partial charge in [-0.3, -0.25) is 4.79 Å². The largest absolute Gasteiger partial charge is 0.487 e. The molecule has 0 radical (unpaired) electrons. The molecule has 1 aliphatic rings. The molecule has 0 aromatic heterocycles. The predicted molar refractivity (Wildman–Crippen MR) is 102 cm³/mol.